The average molecular weight is 247 g/mol. The molecule has 0 aliphatic rings. The number of hydrogen-bond acceptors (Lipinski definition) is 3. The van der Waals surface area contributed by atoms with E-state index in [0.29, 0.717) is 0 Å². The van der Waals surface area contributed by atoms with Crippen molar-refractivity contribution in [2.24, 2.45) is 0 Å². The molecule has 16 heavy (non-hydrogen) atoms. The molecule has 0 spiro atoms. The highest BCUT2D eigenvalue weighted by atomic mass is 35.5. The molecular formula is C11H12ClFO3. The number of benzene rings is 1. The molecule has 0 atom stereocenters. The van der Waals surface area contributed by atoms with Crippen molar-refractivity contribution in [3.05, 3.63) is 29.0 Å². The normalized spacial score (nSPS) is 10.3. The highest BCUT2D eigenvalue weighted by molar-refractivity contribution is 6.30. The van der Waals surface area contributed by atoms with E-state index in [-0.39, 0.29) is 23.5 Å². The molecule has 1 aromatic rings. The van der Waals surface area contributed by atoms with Crippen LogP contribution in [0.2, 0.25) is 5.02 Å². The van der Waals surface area contributed by atoms with Crippen LogP contribution in [0.4, 0.5) is 4.39 Å². The summed E-state index contributed by atoms with van der Waals surface area (Å²) in [5, 5.41) is -0.0465. The fraction of sp³-hybridized carbons (Fsp3) is 0.364. The third kappa shape index (κ3) is 3.70. The zero-order valence-electron chi connectivity index (χ0n) is 9.00. The second-order valence-corrected chi connectivity index (χ2v) is 3.79. The Kier molecular flexibility index (Phi) is 4.55. The van der Waals surface area contributed by atoms with Gasteiger partial charge in [0.15, 0.2) is 18.2 Å². The van der Waals surface area contributed by atoms with Crippen LogP contribution in [0.15, 0.2) is 18.2 Å². The van der Waals surface area contributed by atoms with Crippen molar-refractivity contribution >= 4 is 17.6 Å². The molecule has 0 N–H and O–H groups in total. The average Bonchev–Trinajstić information content (AvgIpc) is 2.19. The van der Waals surface area contributed by atoms with Crippen LogP contribution < -0.4 is 4.74 Å². The number of rotatable bonds is 4. The number of esters is 1. The molecule has 1 rings (SSSR count). The molecule has 0 bridgehead atoms. The lowest BCUT2D eigenvalue weighted by Crippen LogP contribution is -2.19. The Labute approximate surface area is 98.1 Å². The SMILES string of the molecule is CC(C)OC(=O)COc1cccc(Cl)c1F. The Morgan fingerprint density at radius 3 is 2.81 bits per heavy atom. The first-order valence-corrected chi connectivity index (χ1v) is 5.14. The van der Waals surface area contributed by atoms with Gasteiger partial charge in [-0.2, -0.15) is 0 Å². The highest BCUT2D eigenvalue weighted by Gasteiger charge is 2.11. The lowest BCUT2D eigenvalue weighted by molar-refractivity contribution is -0.149. The summed E-state index contributed by atoms with van der Waals surface area (Å²) < 4.78 is 23.1. The van der Waals surface area contributed by atoms with Crippen LogP contribution in [0, 0.1) is 5.82 Å². The molecule has 88 valence electrons. The van der Waals surface area contributed by atoms with Crippen LogP contribution in [0.25, 0.3) is 0 Å². The Balaban J connectivity index is 2.55. The quantitative estimate of drug-likeness (QED) is 0.767. The van der Waals surface area contributed by atoms with Crippen LogP contribution >= 0.6 is 11.6 Å². The molecule has 0 heterocycles. The van der Waals surface area contributed by atoms with E-state index in [2.05, 4.69) is 0 Å². The molecule has 0 saturated heterocycles. The Morgan fingerprint density at radius 1 is 1.50 bits per heavy atom. The van der Waals surface area contributed by atoms with E-state index in [1.165, 1.54) is 18.2 Å². The zero-order valence-corrected chi connectivity index (χ0v) is 9.75. The van der Waals surface area contributed by atoms with Gasteiger partial charge >= 0.3 is 5.97 Å². The van der Waals surface area contributed by atoms with Crippen molar-refractivity contribution < 1.29 is 18.7 Å². The second-order valence-electron chi connectivity index (χ2n) is 3.38. The first kappa shape index (κ1) is 12.8. The number of carbonyl (C=O) groups excluding carboxylic acids is 1. The first-order chi connectivity index (χ1) is 7.50. The minimum absolute atomic E-state index is 0.0465. The van der Waals surface area contributed by atoms with Crippen molar-refractivity contribution in [1.82, 2.24) is 0 Å². The molecule has 3 nitrogen and oxygen atoms in total. The van der Waals surface area contributed by atoms with Gasteiger partial charge in [-0.15, -0.1) is 0 Å². The Hall–Kier alpha value is -1.29. The standard InChI is InChI=1S/C11H12ClFO3/c1-7(2)16-10(14)6-15-9-5-3-4-8(12)11(9)13/h3-5,7H,6H2,1-2H3. The molecule has 0 unspecified atom stereocenters. The van der Waals surface area contributed by atoms with Gasteiger partial charge < -0.3 is 9.47 Å². The van der Waals surface area contributed by atoms with E-state index in [1.54, 1.807) is 13.8 Å². The summed E-state index contributed by atoms with van der Waals surface area (Å²) in [5.74, 6) is -1.29. The largest absolute Gasteiger partial charge is 0.479 e. The van der Waals surface area contributed by atoms with Gasteiger partial charge in [0.25, 0.3) is 0 Å². The molecular weight excluding hydrogens is 235 g/mol. The minimum atomic E-state index is -0.679. The third-order valence-electron chi connectivity index (χ3n) is 1.63. The van der Waals surface area contributed by atoms with Gasteiger partial charge in [0.05, 0.1) is 11.1 Å². The summed E-state index contributed by atoms with van der Waals surface area (Å²) in [6.45, 7) is 3.10. The number of carbonyl (C=O) groups is 1. The summed E-state index contributed by atoms with van der Waals surface area (Å²) >= 11 is 5.54. The monoisotopic (exact) mass is 246 g/mol. The molecule has 5 heteroatoms. The fourth-order valence-electron chi connectivity index (χ4n) is 1.03. The van der Waals surface area contributed by atoms with Gasteiger partial charge in [0, 0.05) is 0 Å². The molecule has 0 aromatic heterocycles. The summed E-state index contributed by atoms with van der Waals surface area (Å²) in [5.41, 5.74) is 0. The highest BCUT2D eigenvalue weighted by Crippen LogP contribution is 2.23. The van der Waals surface area contributed by atoms with Crippen LogP contribution in [0.1, 0.15) is 13.8 Å². The fourth-order valence-corrected chi connectivity index (χ4v) is 1.19. The summed E-state index contributed by atoms with van der Waals surface area (Å²) in [6.07, 6.45) is -0.222. The number of hydrogen-bond donors (Lipinski definition) is 0. The van der Waals surface area contributed by atoms with E-state index >= 15 is 0 Å². The van der Waals surface area contributed by atoms with Crippen molar-refractivity contribution in [2.45, 2.75) is 20.0 Å². The Morgan fingerprint density at radius 2 is 2.19 bits per heavy atom. The van der Waals surface area contributed by atoms with Crippen LogP contribution in [0.3, 0.4) is 0 Å². The molecule has 0 saturated carbocycles. The molecule has 0 aliphatic carbocycles. The smallest absolute Gasteiger partial charge is 0.344 e. The van der Waals surface area contributed by atoms with E-state index < -0.39 is 11.8 Å². The lowest BCUT2D eigenvalue weighted by Gasteiger charge is -2.09. The molecule has 0 radical (unpaired) electrons. The van der Waals surface area contributed by atoms with Crippen LogP contribution in [-0.2, 0) is 9.53 Å². The number of halogens is 2. The van der Waals surface area contributed by atoms with Gasteiger partial charge in [-0.1, -0.05) is 17.7 Å². The van der Waals surface area contributed by atoms with Crippen LogP contribution in [0.5, 0.6) is 5.75 Å². The predicted octanol–water partition coefficient (Wildman–Crippen LogP) is 2.81. The zero-order chi connectivity index (χ0) is 12.1. The summed E-state index contributed by atoms with van der Waals surface area (Å²) in [7, 11) is 0. The predicted molar refractivity (Wildman–Crippen MR) is 58.1 cm³/mol. The van der Waals surface area contributed by atoms with Crippen molar-refractivity contribution in [2.75, 3.05) is 6.61 Å². The maximum Gasteiger partial charge on any atom is 0.344 e. The maximum atomic E-state index is 13.3. The second kappa shape index (κ2) is 5.70. The van der Waals surface area contributed by atoms with Crippen molar-refractivity contribution in [1.29, 1.82) is 0 Å². The maximum absolute atomic E-state index is 13.3. The lowest BCUT2D eigenvalue weighted by atomic mass is 10.3. The van der Waals surface area contributed by atoms with Gasteiger partial charge in [0.1, 0.15) is 0 Å². The van der Waals surface area contributed by atoms with E-state index in [1.807, 2.05) is 0 Å². The van der Waals surface area contributed by atoms with Gasteiger partial charge in [-0.3, -0.25) is 0 Å². The van der Waals surface area contributed by atoms with E-state index in [4.69, 9.17) is 21.1 Å². The van der Waals surface area contributed by atoms with Gasteiger partial charge in [0.2, 0.25) is 0 Å². The van der Waals surface area contributed by atoms with Gasteiger partial charge in [-0.05, 0) is 26.0 Å². The van der Waals surface area contributed by atoms with Crippen LogP contribution in [-0.4, -0.2) is 18.7 Å². The molecule has 0 amide bonds. The molecule has 1 aromatic carbocycles. The third-order valence-corrected chi connectivity index (χ3v) is 1.92. The van der Waals surface area contributed by atoms with Crippen molar-refractivity contribution in [3.63, 3.8) is 0 Å². The topological polar surface area (TPSA) is 35.5 Å². The van der Waals surface area contributed by atoms with E-state index in [9.17, 15) is 9.18 Å². The molecule has 0 aliphatic heterocycles. The summed E-state index contributed by atoms with van der Waals surface area (Å²) in [4.78, 5) is 11.1. The van der Waals surface area contributed by atoms with Crippen molar-refractivity contribution in [3.8, 4) is 5.75 Å². The summed E-state index contributed by atoms with van der Waals surface area (Å²) in [6, 6.07) is 4.33. The first-order valence-electron chi connectivity index (χ1n) is 4.77. The Bertz CT molecular complexity index is 379. The van der Waals surface area contributed by atoms with Gasteiger partial charge in [-0.25, -0.2) is 9.18 Å². The molecule has 0 fully saturated rings. The number of ether oxygens (including phenoxy) is 2. The van der Waals surface area contributed by atoms with E-state index in [0.717, 1.165) is 0 Å². The minimum Gasteiger partial charge on any atom is -0.479 e.